The molecule has 0 unspecified atom stereocenters. The van der Waals surface area contributed by atoms with Gasteiger partial charge in [0, 0.05) is 41.6 Å². The first-order valence-electron chi connectivity index (χ1n) is 11.4. The first-order valence-corrected chi connectivity index (χ1v) is 11.4. The van der Waals surface area contributed by atoms with Gasteiger partial charge < -0.3 is 19.8 Å². The second-order valence-electron chi connectivity index (χ2n) is 8.47. The monoisotopic (exact) mass is 510 g/mol. The van der Waals surface area contributed by atoms with Crippen molar-refractivity contribution in [3.63, 3.8) is 0 Å². The van der Waals surface area contributed by atoms with Crippen LogP contribution in [0.2, 0.25) is 0 Å². The van der Waals surface area contributed by atoms with Gasteiger partial charge in [-0.1, -0.05) is 6.07 Å². The number of methoxy groups -OCH3 is 1. The molecular weight excluding hydrogens is 488 g/mol. The standard InChI is InChI=1S/C27H22N6O5/c1-15-5-4-6-22(31-15)38-18-8-9-19(17(11-18)13-34)23-24-26(28)29-14-30-27(24)32(2)25(23)16-7-10-20(33(35)36)21(12-16)37-3/h4-14H,1-3H3,(H2,28,29,30). The van der Waals surface area contributed by atoms with Gasteiger partial charge in [-0.25, -0.2) is 15.0 Å². The zero-order chi connectivity index (χ0) is 27.0. The third-order valence-electron chi connectivity index (χ3n) is 6.15. The number of ether oxygens (including phenoxy) is 2. The highest BCUT2D eigenvalue weighted by molar-refractivity contribution is 6.10. The number of hydrogen-bond acceptors (Lipinski definition) is 9. The van der Waals surface area contributed by atoms with Crippen molar-refractivity contribution in [2.24, 2.45) is 7.05 Å². The number of hydrogen-bond donors (Lipinski definition) is 1. The van der Waals surface area contributed by atoms with Crippen LogP contribution in [0.5, 0.6) is 17.4 Å². The second-order valence-corrected chi connectivity index (χ2v) is 8.47. The Kier molecular flexibility index (Phi) is 6.17. The van der Waals surface area contributed by atoms with Crippen molar-refractivity contribution in [2.75, 3.05) is 12.8 Å². The van der Waals surface area contributed by atoms with Gasteiger partial charge >= 0.3 is 5.69 Å². The second kappa shape index (κ2) is 9.62. The van der Waals surface area contributed by atoms with Crippen molar-refractivity contribution in [3.05, 3.63) is 82.3 Å². The Morgan fingerprint density at radius 1 is 1.11 bits per heavy atom. The summed E-state index contributed by atoms with van der Waals surface area (Å²) in [6.45, 7) is 1.86. The molecule has 2 N–H and O–H groups in total. The summed E-state index contributed by atoms with van der Waals surface area (Å²) < 4.78 is 13.0. The molecule has 0 atom stereocenters. The van der Waals surface area contributed by atoms with E-state index >= 15 is 0 Å². The molecule has 3 aromatic heterocycles. The molecule has 0 aliphatic rings. The third-order valence-corrected chi connectivity index (χ3v) is 6.15. The lowest BCUT2D eigenvalue weighted by Gasteiger charge is -2.13. The van der Waals surface area contributed by atoms with E-state index in [0.29, 0.717) is 50.6 Å². The van der Waals surface area contributed by atoms with Crippen LogP contribution < -0.4 is 15.2 Å². The van der Waals surface area contributed by atoms with E-state index in [1.54, 1.807) is 48.0 Å². The molecule has 0 amide bonds. The number of aromatic nitrogens is 4. The molecule has 0 saturated heterocycles. The Balaban J connectivity index is 1.74. The summed E-state index contributed by atoms with van der Waals surface area (Å²) in [5.41, 5.74) is 10.2. The molecule has 11 heteroatoms. The fourth-order valence-electron chi connectivity index (χ4n) is 4.48. The zero-order valence-electron chi connectivity index (χ0n) is 20.7. The maximum atomic E-state index is 12.3. The topological polar surface area (TPSA) is 148 Å². The van der Waals surface area contributed by atoms with Gasteiger partial charge in [0.2, 0.25) is 5.88 Å². The summed E-state index contributed by atoms with van der Waals surface area (Å²) >= 11 is 0. The minimum Gasteiger partial charge on any atom is -0.490 e. The van der Waals surface area contributed by atoms with Crippen molar-refractivity contribution in [3.8, 4) is 39.8 Å². The molecule has 5 aromatic rings. The van der Waals surface area contributed by atoms with Gasteiger partial charge in [0.1, 0.15) is 23.5 Å². The molecule has 5 rings (SSSR count). The highest BCUT2D eigenvalue weighted by Crippen LogP contribution is 2.44. The van der Waals surface area contributed by atoms with E-state index in [2.05, 4.69) is 15.0 Å². The highest BCUT2D eigenvalue weighted by atomic mass is 16.6. The first-order chi connectivity index (χ1) is 18.3. The number of aldehydes is 1. The number of nitro groups is 1. The Hall–Kier alpha value is -5.32. The lowest BCUT2D eigenvalue weighted by Crippen LogP contribution is -1.98. The van der Waals surface area contributed by atoms with Crippen LogP contribution in [0.1, 0.15) is 16.1 Å². The van der Waals surface area contributed by atoms with Crippen LogP contribution >= 0.6 is 0 Å². The number of carbonyl (C=O) groups excluding carboxylic acids is 1. The molecule has 0 bridgehead atoms. The van der Waals surface area contributed by atoms with Gasteiger partial charge in [0.05, 0.1) is 23.1 Å². The van der Waals surface area contributed by atoms with E-state index < -0.39 is 4.92 Å². The molecular formula is C27H22N6O5. The number of rotatable bonds is 7. The average Bonchev–Trinajstić information content (AvgIpc) is 3.21. The maximum absolute atomic E-state index is 12.3. The molecule has 0 radical (unpaired) electrons. The molecule has 0 fully saturated rings. The summed E-state index contributed by atoms with van der Waals surface area (Å²) in [6, 6.07) is 15.1. The number of benzene rings is 2. The summed E-state index contributed by atoms with van der Waals surface area (Å²) in [5, 5.41) is 12.0. The highest BCUT2D eigenvalue weighted by Gasteiger charge is 2.25. The Morgan fingerprint density at radius 3 is 2.63 bits per heavy atom. The number of nitrogens with zero attached hydrogens (tertiary/aromatic N) is 5. The van der Waals surface area contributed by atoms with Crippen LogP contribution in [0.15, 0.2) is 60.9 Å². The van der Waals surface area contributed by atoms with E-state index in [1.165, 1.54) is 19.5 Å². The van der Waals surface area contributed by atoms with E-state index in [-0.39, 0.29) is 17.3 Å². The number of nitrogen functional groups attached to an aromatic ring is 1. The molecule has 2 aromatic carbocycles. The number of aryl methyl sites for hydroxylation is 2. The van der Waals surface area contributed by atoms with Crippen LogP contribution in [0.3, 0.4) is 0 Å². The summed E-state index contributed by atoms with van der Waals surface area (Å²) in [4.78, 5) is 36.2. The normalized spacial score (nSPS) is 10.9. The molecule has 0 aliphatic heterocycles. The van der Waals surface area contributed by atoms with E-state index in [1.807, 2.05) is 19.1 Å². The summed E-state index contributed by atoms with van der Waals surface area (Å²) in [6.07, 6.45) is 2.08. The van der Waals surface area contributed by atoms with Crippen LogP contribution in [0, 0.1) is 17.0 Å². The van der Waals surface area contributed by atoms with Crippen LogP contribution in [0.25, 0.3) is 33.4 Å². The van der Waals surface area contributed by atoms with Gasteiger partial charge in [-0.3, -0.25) is 14.9 Å². The fraction of sp³-hybridized carbons (Fsp3) is 0.111. The van der Waals surface area contributed by atoms with Gasteiger partial charge in [-0.2, -0.15) is 0 Å². The largest absolute Gasteiger partial charge is 0.490 e. The third kappa shape index (κ3) is 4.15. The lowest BCUT2D eigenvalue weighted by atomic mass is 9.95. The smallest absolute Gasteiger partial charge is 0.310 e. The quantitative estimate of drug-likeness (QED) is 0.179. The van der Waals surface area contributed by atoms with Crippen molar-refractivity contribution >= 4 is 28.8 Å². The molecule has 0 spiro atoms. The predicted octanol–water partition coefficient (Wildman–Crippen LogP) is 5.11. The van der Waals surface area contributed by atoms with E-state index in [9.17, 15) is 14.9 Å². The molecule has 190 valence electrons. The predicted molar refractivity (Wildman–Crippen MR) is 141 cm³/mol. The average molecular weight is 511 g/mol. The van der Waals surface area contributed by atoms with Crippen LogP contribution in [0.4, 0.5) is 11.5 Å². The van der Waals surface area contributed by atoms with Gasteiger partial charge in [0.25, 0.3) is 0 Å². The Bertz CT molecular complexity index is 1730. The molecule has 0 aliphatic carbocycles. The number of nitrogens with two attached hydrogens (primary N) is 1. The number of anilines is 1. The summed E-state index contributed by atoms with van der Waals surface area (Å²) in [5.74, 6) is 1.14. The van der Waals surface area contributed by atoms with Crippen LogP contribution in [-0.2, 0) is 7.05 Å². The Morgan fingerprint density at radius 2 is 1.92 bits per heavy atom. The van der Waals surface area contributed by atoms with Crippen molar-refractivity contribution in [1.82, 2.24) is 19.5 Å². The lowest BCUT2D eigenvalue weighted by molar-refractivity contribution is -0.385. The number of pyridine rings is 1. The summed E-state index contributed by atoms with van der Waals surface area (Å²) in [7, 11) is 3.16. The van der Waals surface area contributed by atoms with Crippen molar-refractivity contribution < 1.29 is 19.2 Å². The van der Waals surface area contributed by atoms with Gasteiger partial charge in [0.15, 0.2) is 12.0 Å². The molecule has 11 nitrogen and oxygen atoms in total. The zero-order valence-corrected chi connectivity index (χ0v) is 20.7. The SMILES string of the molecule is COc1cc(-c2c(-c3ccc(Oc4cccc(C)n4)cc3C=O)c3c(N)ncnc3n2C)ccc1[N+](=O)[O-]. The Labute approximate surface area is 216 Å². The first kappa shape index (κ1) is 24.4. The number of fused-ring (bicyclic) bond motifs is 1. The number of carbonyl (C=O) groups is 1. The number of nitro benzene ring substituents is 1. The molecule has 3 heterocycles. The fourth-order valence-corrected chi connectivity index (χ4v) is 4.48. The van der Waals surface area contributed by atoms with Crippen molar-refractivity contribution in [2.45, 2.75) is 6.92 Å². The van der Waals surface area contributed by atoms with E-state index in [0.717, 1.165) is 12.0 Å². The van der Waals surface area contributed by atoms with E-state index in [4.69, 9.17) is 15.2 Å². The minimum absolute atomic E-state index is 0.0905. The van der Waals surface area contributed by atoms with Crippen molar-refractivity contribution in [1.29, 1.82) is 0 Å². The van der Waals surface area contributed by atoms with Gasteiger partial charge in [-0.15, -0.1) is 0 Å². The molecule has 0 saturated carbocycles. The van der Waals surface area contributed by atoms with Crippen LogP contribution in [-0.4, -0.2) is 37.8 Å². The molecule has 38 heavy (non-hydrogen) atoms. The van der Waals surface area contributed by atoms with Gasteiger partial charge in [-0.05, 0) is 48.9 Å². The minimum atomic E-state index is -0.513. The maximum Gasteiger partial charge on any atom is 0.310 e.